The number of halogens is 1. The van der Waals surface area contributed by atoms with Crippen molar-refractivity contribution in [3.05, 3.63) is 54.0 Å². The third kappa shape index (κ3) is 3.37. The normalized spacial score (nSPS) is 13.8. The van der Waals surface area contributed by atoms with E-state index in [0.717, 1.165) is 0 Å². The zero-order valence-electron chi connectivity index (χ0n) is 11.5. The predicted octanol–water partition coefficient (Wildman–Crippen LogP) is 3.10. The van der Waals surface area contributed by atoms with Gasteiger partial charge in [-0.05, 0) is 43.0 Å². The first-order chi connectivity index (χ1) is 10.2. The zero-order chi connectivity index (χ0) is 14.7. The molecule has 1 aromatic carbocycles. The van der Waals surface area contributed by atoms with Gasteiger partial charge in [-0.1, -0.05) is 12.1 Å². The van der Waals surface area contributed by atoms with E-state index < -0.39 is 0 Å². The van der Waals surface area contributed by atoms with Crippen LogP contribution in [0.5, 0.6) is 0 Å². The number of para-hydroxylation sites is 1. The van der Waals surface area contributed by atoms with Gasteiger partial charge in [0.25, 0.3) is 5.91 Å². The van der Waals surface area contributed by atoms with Crippen LogP contribution in [0.4, 0.5) is 15.9 Å². The highest BCUT2D eigenvalue weighted by Gasteiger charge is 2.22. The van der Waals surface area contributed by atoms with E-state index in [1.165, 1.54) is 18.9 Å². The lowest BCUT2D eigenvalue weighted by atomic mass is 10.2. The molecule has 4 nitrogen and oxygen atoms in total. The van der Waals surface area contributed by atoms with Crippen LogP contribution in [-0.2, 0) is 0 Å². The third-order valence-electron chi connectivity index (χ3n) is 3.43. The van der Waals surface area contributed by atoms with Gasteiger partial charge in [0.05, 0.1) is 11.3 Å². The van der Waals surface area contributed by atoms with Gasteiger partial charge in [-0.25, -0.2) is 9.37 Å². The van der Waals surface area contributed by atoms with Gasteiger partial charge in [0, 0.05) is 12.7 Å². The van der Waals surface area contributed by atoms with Crippen LogP contribution in [-0.4, -0.2) is 17.4 Å². The first-order valence-corrected chi connectivity index (χ1v) is 6.99. The first kappa shape index (κ1) is 13.5. The van der Waals surface area contributed by atoms with Crippen LogP contribution in [0.25, 0.3) is 0 Å². The van der Waals surface area contributed by atoms with Crippen LogP contribution in [0.15, 0.2) is 42.6 Å². The molecule has 0 aliphatic heterocycles. The number of pyridine rings is 1. The molecule has 0 saturated heterocycles. The maximum Gasteiger partial charge on any atom is 0.255 e. The summed E-state index contributed by atoms with van der Waals surface area (Å²) in [6, 6.07) is 9.67. The molecule has 0 atom stereocenters. The number of nitrogens with zero attached hydrogens (tertiary/aromatic N) is 1. The summed E-state index contributed by atoms with van der Waals surface area (Å²) in [7, 11) is 0. The molecular weight excluding hydrogens is 269 g/mol. The van der Waals surface area contributed by atoms with Crippen molar-refractivity contribution in [2.45, 2.75) is 12.8 Å². The SMILES string of the molecule is O=C(NCC1CC1)c1cccnc1Nc1ccccc1F. The van der Waals surface area contributed by atoms with Crippen molar-refractivity contribution in [1.82, 2.24) is 10.3 Å². The average molecular weight is 285 g/mol. The first-order valence-electron chi connectivity index (χ1n) is 6.99. The summed E-state index contributed by atoms with van der Waals surface area (Å²) in [6.07, 6.45) is 3.92. The standard InChI is InChI=1S/C16H16FN3O/c17-13-5-1-2-6-14(13)20-15-12(4-3-9-18-15)16(21)19-10-11-7-8-11/h1-6,9,11H,7-8,10H2,(H,18,20)(H,19,21). The van der Waals surface area contributed by atoms with E-state index in [0.29, 0.717) is 29.5 Å². The van der Waals surface area contributed by atoms with Gasteiger partial charge in [0.1, 0.15) is 11.6 Å². The minimum atomic E-state index is -0.382. The molecule has 1 aliphatic carbocycles. The number of aromatic nitrogens is 1. The lowest BCUT2D eigenvalue weighted by molar-refractivity contribution is 0.0952. The summed E-state index contributed by atoms with van der Waals surface area (Å²) < 4.78 is 13.7. The predicted molar refractivity (Wildman–Crippen MR) is 79.0 cm³/mol. The fraction of sp³-hybridized carbons (Fsp3) is 0.250. The van der Waals surface area contributed by atoms with Crippen molar-refractivity contribution in [3.8, 4) is 0 Å². The quantitative estimate of drug-likeness (QED) is 0.887. The van der Waals surface area contributed by atoms with Crippen LogP contribution in [0.1, 0.15) is 23.2 Å². The van der Waals surface area contributed by atoms with Crippen molar-refractivity contribution in [2.24, 2.45) is 5.92 Å². The second-order valence-corrected chi connectivity index (χ2v) is 5.16. The Bertz CT molecular complexity index is 655. The topological polar surface area (TPSA) is 54.0 Å². The van der Waals surface area contributed by atoms with Gasteiger partial charge in [-0.15, -0.1) is 0 Å². The molecule has 5 heteroatoms. The van der Waals surface area contributed by atoms with Crippen molar-refractivity contribution in [3.63, 3.8) is 0 Å². The second-order valence-electron chi connectivity index (χ2n) is 5.16. The van der Waals surface area contributed by atoms with Gasteiger partial charge in [0.15, 0.2) is 0 Å². The van der Waals surface area contributed by atoms with Crippen molar-refractivity contribution < 1.29 is 9.18 Å². The van der Waals surface area contributed by atoms with Crippen molar-refractivity contribution in [1.29, 1.82) is 0 Å². The molecule has 1 aromatic heterocycles. The molecule has 0 radical (unpaired) electrons. The molecule has 2 aromatic rings. The van der Waals surface area contributed by atoms with Crippen molar-refractivity contribution in [2.75, 3.05) is 11.9 Å². The highest BCUT2D eigenvalue weighted by molar-refractivity contribution is 5.99. The molecule has 0 unspecified atom stereocenters. The number of rotatable bonds is 5. The smallest absolute Gasteiger partial charge is 0.255 e. The van der Waals surface area contributed by atoms with Gasteiger partial charge in [0.2, 0.25) is 0 Å². The number of hydrogen-bond donors (Lipinski definition) is 2. The Balaban J connectivity index is 1.78. The Labute approximate surface area is 122 Å². The summed E-state index contributed by atoms with van der Waals surface area (Å²) in [4.78, 5) is 16.3. The molecule has 21 heavy (non-hydrogen) atoms. The third-order valence-corrected chi connectivity index (χ3v) is 3.43. The van der Waals surface area contributed by atoms with Gasteiger partial charge >= 0.3 is 0 Å². The summed E-state index contributed by atoms with van der Waals surface area (Å²) in [6.45, 7) is 0.687. The maximum absolute atomic E-state index is 13.7. The second kappa shape index (κ2) is 5.91. The molecule has 3 rings (SSSR count). The lowest BCUT2D eigenvalue weighted by Crippen LogP contribution is -2.26. The fourth-order valence-corrected chi connectivity index (χ4v) is 2.03. The Kier molecular flexibility index (Phi) is 3.81. The Hall–Kier alpha value is -2.43. The summed E-state index contributed by atoms with van der Waals surface area (Å²) in [5.41, 5.74) is 0.717. The number of benzene rings is 1. The van der Waals surface area contributed by atoms with Crippen LogP contribution in [0, 0.1) is 11.7 Å². The molecular formula is C16H16FN3O. The van der Waals surface area contributed by atoms with E-state index in [2.05, 4.69) is 15.6 Å². The highest BCUT2D eigenvalue weighted by Crippen LogP contribution is 2.28. The minimum absolute atomic E-state index is 0.186. The molecule has 1 aliphatic rings. The zero-order valence-corrected chi connectivity index (χ0v) is 11.5. The number of nitrogens with one attached hydrogen (secondary N) is 2. The van der Waals surface area contributed by atoms with Crippen LogP contribution in [0.2, 0.25) is 0 Å². The monoisotopic (exact) mass is 285 g/mol. The number of carbonyl (C=O) groups is 1. The molecule has 2 N–H and O–H groups in total. The summed E-state index contributed by atoms with van der Waals surface area (Å²) >= 11 is 0. The van der Waals surface area contributed by atoms with Crippen LogP contribution < -0.4 is 10.6 Å². The van der Waals surface area contributed by atoms with Gasteiger partial charge < -0.3 is 10.6 Å². The van der Waals surface area contributed by atoms with E-state index in [-0.39, 0.29) is 11.7 Å². The highest BCUT2D eigenvalue weighted by atomic mass is 19.1. The molecule has 1 amide bonds. The largest absolute Gasteiger partial charge is 0.352 e. The molecule has 1 saturated carbocycles. The molecule has 1 heterocycles. The van der Waals surface area contributed by atoms with E-state index in [1.54, 1.807) is 36.5 Å². The van der Waals surface area contributed by atoms with E-state index in [1.807, 2.05) is 0 Å². The average Bonchev–Trinajstić information content (AvgIpc) is 3.32. The van der Waals surface area contributed by atoms with Crippen LogP contribution in [0.3, 0.4) is 0 Å². The van der Waals surface area contributed by atoms with Crippen molar-refractivity contribution >= 4 is 17.4 Å². The number of anilines is 2. The van der Waals surface area contributed by atoms with E-state index >= 15 is 0 Å². The lowest BCUT2D eigenvalue weighted by Gasteiger charge is -2.11. The van der Waals surface area contributed by atoms with Gasteiger partial charge in [-0.2, -0.15) is 0 Å². The molecule has 1 fully saturated rings. The Morgan fingerprint density at radius 2 is 2.05 bits per heavy atom. The maximum atomic E-state index is 13.7. The number of hydrogen-bond acceptors (Lipinski definition) is 3. The van der Waals surface area contributed by atoms with E-state index in [4.69, 9.17) is 0 Å². The van der Waals surface area contributed by atoms with Crippen LogP contribution >= 0.6 is 0 Å². The fourth-order valence-electron chi connectivity index (χ4n) is 2.03. The van der Waals surface area contributed by atoms with Gasteiger partial charge in [-0.3, -0.25) is 4.79 Å². The number of carbonyl (C=O) groups excluding carboxylic acids is 1. The minimum Gasteiger partial charge on any atom is -0.352 e. The molecule has 108 valence electrons. The molecule has 0 spiro atoms. The Morgan fingerprint density at radius 1 is 1.24 bits per heavy atom. The summed E-state index contributed by atoms with van der Waals surface area (Å²) in [5.74, 6) is 0.394. The Morgan fingerprint density at radius 3 is 2.81 bits per heavy atom. The number of amides is 1. The summed E-state index contributed by atoms with van der Waals surface area (Å²) in [5, 5.41) is 5.77. The van der Waals surface area contributed by atoms with E-state index in [9.17, 15) is 9.18 Å². The molecule has 0 bridgehead atoms.